The molecule has 6 heteroatoms. The summed E-state index contributed by atoms with van der Waals surface area (Å²) in [5.41, 5.74) is 4.95. The smallest absolute Gasteiger partial charge is 0.0701 e. The molecule has 0 aliphatic carbocycles. The van der Waals surface area contributed by atoms with E-state index >= 15 is 0 Å². The van der Waals surface area contributed by atoms with Crippen molar-refractivity contribution in [2.24, 2.45) is 0 Å². The van der Waals surface area contributed by atoms with E-state index in [9.17, 15) is 0 Å². The summed E-state index contributed by atoms with van der Waals surface area (Å²) in [5.74, 6) is 0. The highest BCUT2D eigenvalue weighted by Gasteiger charge is 2.10. The number of rotatable bonds is 4. The maximum Gasteiger partial charge on any atom is 0.0701 e. The third-order valence-electron chi connectivity index (χ3n) is 4.25. The van der Waals surface area contributed by atoms with Crippen LogP contribution in [0.15, 0.2) is 48.5 Å². The van der Waals surface area contributed by atoms with Gasteiger partial charge in [0.2, 0.25) is 0 Å². The molecular weight excluding hydrogens is 389 g/mol. The molecule has 0 saturated carbocycles. The number of hydrogen-bond donors (Lipinski definition) is 3. The number of hydrogen-bond acceptors (Lipinski definition) is 2. The minimum Gasteiger partial charge on any atom is -0.384 e. The zero-order valence-electron chi connectivity index (χ0n) is 14.0. The number of benzene rings is 3. The Balaban J connectivity index is 1.80. The van der Waals surface area contributed by atoms with Crippen LogP contribution in [0.25, 0.3) is 21.8 Å². The lowest BCUT2D eigenvalue weighted by molar-refractivity contribution is 1.22. The highest BCUT2D eigenvalue weighted by atomic mass is 35.5. The van der Waals surface area contributed by atoms with E-state index in [-0.39, 0.29) is 0 Å². The number of anilines is 3. The van der Waals surface area contributed by atoms with Gasteiger partial charge in [-0.05, 0) is 55.5 Å². The van der Waals surface area contributed by atoms with Crippen LogP contribution in [0.3, 0.4) is 0 Å². The molecular formula is C20H16Cl3N3. The zero-order valence-corrected chi connectivity index (χ0v) is 16.2. The van der Waals surface area contributed by atoms with E-state index in [4.69, 9.17) is 34.8 Å². The van der Waals surface area contributed by atoms with Gasteiger partial charge in [0.15, 0.2) is 0 Å². The Morgan fingerprint density at radius 3 is 2.38 bits per heavy atom. The molecule has 0 radical (unpaired) electrons. The van der Waals surface area contributed by atoms with Crippen molar-refractivity contribution in [2.45, 2.75) is 6.92 Å². The maximum atomic E-state index is 6.32. The molecule has 0 amide bonds. The number of aromatic amines is 1. The lowest BCUT2D eigenvalue weighted by atomic mass is 10.1. The topological polar surface area (TPSA) is 39.9 Å². The second-order valence-corrected chi connectivity index (χ2v) is 7.30. The molecule has 0 atom stereocenters. The van der Waals surface area contributed by atoms with Crippen molar-refractivity contribution in [3.8, 4) is 0 Å². The third kappa shape index (κ3) is 3.18. The van der Waals surface area contributed by atoms with Crippen molar-refractivity contribution in [3.63, 3.8) is 0 Å². The summed E-state index contributed by atoms with van der Waals surface area (Å²) in [7, 11) is 0. The molecule has 3 nitrogen and oxygen atoms in total. The Hall–Kier alpha value is -2.07. The standard InChI is InChI=1S/C20H16Cl3N3/c1-2-24-19-8-11(21)7-15-14-9-12(4-6-18(14)26-20(15)19)25-13-3-5-16(22)17(23)10-13/h3-10,24-26H,2H2,1H3. The monoisotopic (exact) mass is 403 g/mol. The molecule has 0 unspecified atom stereocenters. The second-order valence-electron chi connectivity index (χ2n) is 6.05. The van der Waals surface area contributed by atoms with Crippen LogP contribution in [-0.4, -0.2) is 11.5 Å². The first-order valence-corrected chi connectivity index (χ1v) is 9.39. The maximum absolute atomic E-state index is 6.32. The number of nitrogens with one attached hydrogen (secondary N) is 3. The molecule has 0 aliphatic heterocycles. The predicted octanol–water partition coefficient (Wildman–Crippen LogP) is 7.46. The van der Waals surface area contributed by atoms with Gasteiger partial charge in [0.25, 0.3) is 0 Å². The van der Waals surface area contributed by atoms with Gasteiger partial charge < -0.3 is 15.6 Å². The second kappa shape index (κ2) is 6.92. The van der Waals surface area contributed by atoms with Crippen LogP contribution >= 0.6 is 34.8 Å². The Kier molecular flexibility index (Phi) is 4.62. The van der Waals surface area contributed by atoms with Crippen LogP contribution in [0.5, 0.6) is 0 Å². The van der Waals surface area contributed by atoms with Crippen molar-refractivity contribution in [3.05, 3.63) is 63.6 Å². The molecule has 1 heterocycles. The Morgan fingerprint density at radius 2 is 1.62 bits per heavy atom. The van der Waals surface area contributed by atoms with E-state index in [2.05, 4.69) is 34.7 Å². The van der Waals surface area contributed by atoms with Crippen LogP contribution < -0.4 is 10.6 Å². The molecule has 3 aromatic carbocycles. The van der Waals surface area contributed by atoms with Gasteiger partial charge in [-0.2, -0.15) is 0 Å². The van der Waals surface area contributed by atoms with E-state index in [1.165, 1.54) is 0 Å². The molecule has 1 aromatic heterocycles. The molecule has 26 heavy (non-hydrogen) atoms. The quantitative estimate of drug-likeness (QED) is 0.330. The SMILES string of the molecule is CCNc1cc(Cl)cc2c1[nH]c1ccc(Nc3ccc(Cl)c(Cl)c3)cc12. The third-order valence-corrected chi connectivity index (χ3v) is 5.21. The average Bonchev–Trinajstić information content (AvgIpc) is 2.97. The van der Waals surface area contributed by atoms with Gasteiger partial charge in [-0.15, -0.1) is 0 Å². The highest BCUT2D eigenvalue weighted by molar-refractivity contribution is 6.42. The van der Waals surface area contributed by atoms with Crippen molar-refractivity contribution >= 4 is 73.7 Å². The first kappa shape index (κ1) is 17.3. The molecule has 4 rings (SSSR count). The highest BCUT2D eigenvalue weighted by Crippen LogP contribution is 2.35. The summed E-state index contributed by atoms with van der Waals surface area (Å²) in [4.78, 5) is 3.48. The van der Waals surface area contributed by atoms with Gasteiger partial charge in [-0.3, -0.25) is 0 Å². The van der Waals surface area contributed by atoms with Gasteiger partial charge in [-0.25, -0.2) is 0 Å². The van der Waals surface area contributed by atoms with Crippen molar-refractivity contribution in [1.82, 2.24) is 4.98 Å². The largest absolute Gasteiger partial charge is 0.384 e. The van der Waals surface area contributed by atoms with E-state index in [1.807, 2.05) is 30.3 Å². The number of fused-ring (bicyclic) bond motifs is 3. The van der Waals surface area contributed by atoms with Crippen molar-refractivity contribution < 1.29 is 0 Å². The van der Waals surface area contributed by atoms with Crippen LogP contribution in [-0.2, 0) is 0 Å². The minimum atomic E-state index is 0.520. The molecule has 3 N–H and O–H groups in total. The first-order valence-electron chi connectivity index (χ1n) is 8.26. The summed E-state index contributed by atoms with van der Waals surface area (Å²) in [6.07, 6.45) is 0. The lowest BCUT2D eigenvalue weighted by Crippen LogP contribution is -1.96. The van der Waals surface area contributed by atoms with E-state index in [0.717, 1.165) is 45.4 Å². The Labute approximate surface area is 166 Å². The molecule has 132 valence electrons. The summed E-state index contributed by atoms with van der Waals surface area (Å²) in [5, 5.41) is 10.7. The average molecular weight is 405 g/mol. The van der Waals surface area contributed by atoms with E-state index in [1.54, 1.807) is 6.07 Å². The molecule has 0 spiro atoms. The fraction of sp³-hybridized carbons (Fsp3) is 0.100. The summed E-state index contributed by atoms with van der Waals surface area (Å²) in [6, 6.07) is 15.6. The Bertz CT molecular complexity index is 1120. The summed E-state index contributed by atoms with van der Waals surface area (Å²) in [6.45, 7) is 2.89. The fourth-order valence-electron chi connectivity index (χ4n) is 3.11. The van der Waals surface area contributed by atoms with Crippen LogP contribution in [0.2, 0.25) is 15.1 Å². The van der Waals surface area contributed by atoms with Crippen LogP contribution in [0.1, 0.15) is 6.92 Å². The molecule has 0 saturated heterocycles. The van der Waals surface area contributed by atoms with Crippen molar-refractivity contribution in [2.75, 3.05) is 17.2 Å². The van der Waals surface area contributed by atoms with E-state index in [0.29, 0.717) is 15.1 Å². The summed E-state index contributed by atoms with van der Waals surface area (Å²) < 4.78 is 0. The lowest BCUT2D eigenvalue weighted by Gasteiger charge is -2.08. The normalized spacial score (nSPS) is 11.2. The molecule has 0 aliphatic rings. The van der Waals surface area contributed by atoms with Gasteiger partial charge in [-0.1, -0.05) is 34.8 Å². The van der Waals surface area contributed by atoms with E-state index < -0.39 is 0 Å². The zero-order chi connectivity index (χ0) is 18.3. The van der Waals surface area contributed by atoms with Crippen LogP contribution in [0, 0.1) is 0 Å². The number of H-pyrrole nitrogens is 1. The molecule has 0 bridgehead atoms. The van der Waals surface area contributed by atoms with Gasteiger partial charge >= 0.3 is 0 Å². The Morgan fingerprint density at radius 1 is 0.846 bits per heavy atom. The van der Waals surface area contributed by atoms with Crippen LogP contribution in [0.4, 0.5) is 17.1 Å². The van der Waals surface area contributed by atoms with Gasteiger partial charge in [0.05, 0.1) is 21.2 Å². The van der Waals surface area contributed by atoms with Crippen molar-refractivity contribution in [1.29, 1.82) is 0 Å². The predicted molar refractivity (Wildman–Crippen MR) is 115 cm³/mol. The minimum absolute atomic E-state index is 0.520. The first-order chi connectivity index (χ1) is 12.5. The number of halogens is 3. The number of aromatic nitrogens is 1. The molecule has 0 fully saturated rings. The fourth-order valence-corrected chi connectivity index (χ4v) is 3.63. The molecule has 4 aromatic rings. The van der Waals surface area contributed by atoms with Gasteiger partial charge in [0.1, 0.15) is 0 Å². The summed E-state index contributed by atoms with van der Waals surface area (Å²) >= 11 is 18.4. The van der Waals surface area contributed by atoms with Gasteiger partial charge in [0, 0.05) is 39.2 Å².